The summed E-state index contributed by atoms with van der Waals surface area (Å²) in [4.78, 5) is 19.8. The molecule has 3 heteroatoms. The fourth-order valence-electron chi connectivity index (χ4n) is 0.221. The zero-order valence-corrected chi connectivity index (χ0v) is 5.39. The lowest BCUT2D eigenvalue weighted by Crippen LogP contribution is -1.85. The van der Waals surface area contributed by atoms with Gasteiger partial charge in [0.2, 0.25) is 0 Å². The maximum absolute atomic E-state index is 10.1. The summed E-state index contributed by atoms with van der Waals surface area (Å²) in [6.07, 6.45) is 2.95. The molecule has 9 heavy (non-hydrogen) atoms. The zero-order valence-electron chi connectivity index (χ0n) is 4.63. The zero-order chi connectivity index (χ0) is 7.28. The van der Waals surface area contributed by atoms with E-state index in [-0.39, 0.29) is 5.57 Å². The number of halogens is 1. The van der Waals surface area contributed by atoms with Crippen molar-refractivity contribution in [3.63, 3.8) is 0 Å². The minimum atomic E-state index is -0.645. The molecule has 0 heterocycles. The van der Waals surface area contributed by atoms with Crippen molar-refractivity contribution in [2.45, 2.75) is 0 Å². The third-order valence-corrected chi connectivity index (χ3v) is 0.871. The Balaban J connectivity index is 3.92. The standard InChI is InChI=1S/C6H5ClO2/c1-5(6(7)9)3-2-4-8/h2-4H,1H2. The Morgan fingerprint density at radius 3 is 2.44 bits per heavy atom. The maximum atomic E-state index is 10.1. The third kappa shape index (κ3) is 3.67. The first-order valence-electron chi connectivity index (χ1n) is 2.19. The smallest absolute Gasteiger partial charge is 0.251 e. The van der Waals surface area contributed by atoms with Gasteiger partial charge in [-0.25, -0.2) is 0 Å². The lowest BCUT2D eigenvalue weighted by Gasteiger charge is -1.83. The summed E-state index contributed by atoms with van der Waals surface area (Å²) in [5.41, 5.74) is 0.115. The molecule has 0 N–H and O–H groups in total. The number of allylic oxidation sites excluding steroid dienone is 3. The van der Waals surface area contributed by atoms with Crippen LogP contribution in [0.5, 0.6) is 0 Å². The van der Waals surface area contributed by atoms with Crippen LogP contribution in [0.2, 0.25) is 0 Å². The number of hydrogen-bond donors (Lipinski definition) is 0. The molecule has 0 bridgehead atoms. The molecule has 0 aromatic rings. The molecule has 0 unspecified atom stereocenters. The number of aldehydes is 1. The number of rotatable bonds is 3. The van der Waals surface area contributed by atoms with Gasteiger partial charge in [0.15, 0.2) is 0 Å². The Morgan fingerprint density at radius 1 is 1.56 bits per heavy atom. The van der Waals surface area contributed by atoms with Crippen LogP contribution < -0.4 is 0 Å². The molecule has 48 valence electrons. The highest BCUT2D eigenvalue weighted by Crippen LogP contribution is 1.96. The molecule has 0 spiro atoms. The molecule has 0 aliphatic carbocycles. The molecule has 0 aliphatic rings. The Hall–Kier alpha value is -0.890. The van der Waals surface area contributed by atoms with E-state index >= 15 is 0 Å². The molecule has 2 nitrogen and oxygen atoms in total. The van der Waals surface area contributed by atoms with E-state index in [2.05, 4.69) is 6.58 Å². The van der Waals surface area contributed by atoms with E-state index in [1.807, 2.05) is 0 Å². The Bertz CT molecular complexity index is 170. The van der Waals surface area contributed by atoms with Crippen molar-refractivity contribution in [3.8, 4) is 0 Å². The molecule has 0 radical (unpaired) electrons. The molecule has 0 saturated carbocycles. The lowest BCUT2D eigenvalue weighted by atomic mass is 10.3. The van der Waals surface area contributed by atoms with Crippen molar-refractivity contribution in [2.24, 2.45) is 0 Å². The Kier molecular flexibility index (Phi) is 3.64. The van der Waals surface area contributed by atoms with E-state index in [1.165, 1.54) is 6.08 Å². The van der Waals surface area contributed by atoms with Gasteiger partial charge in [0, 0.05) is 5.57 Å². The number of carbonyl (C=O) groups is 2. The van der Waals surface area contributed by atoms with Gasteiger partial charge in [-0.05, 0) is 23.8 Å². The van der Waals surface area contributed by atoms with Crippen LogP contribution in [0.4, 0.5) is 0 Å². The molecule has 0 saturated heterocycles. The first kappa shape index (κ1) is 8.11. The van der Waals surface area contributed by atoms with Gasteiger partial charge in [0.1, 0.15) is 6.29 Å². The molecule has 0 atom stereocenters. The lowest BCUT2D eigenvalue weighted by molar-refractivity contribution is -0.108. The summed E-state index contributed by atoms with van der Waals surface area (Å²) in [5, 5.41) is -0.645. The van der Waals surface area contributed by atoms with Crippen LogP contribution in [-0.2, 0) is 9.59 Å². The third-order valence-electron chi connectivity index (χ3n) is 0.628. The highest BCUT2D eigenvalue weighted by Gasteiger charge is 1.94. The minimum absolute atomic E-state index is 0.115. The molecule has 0 fully saturated rings. The first-order valence-corrected chi connectivity index (χ1v) is 2.57. The van der Waals surface area contributed by atoms with Crippen LogP contribution in [0.1, 0.15) is 0 Å². The molecule has 0 aliphatic heterocycles. The highest BCUT2D eigenvalue weighted by atomic mass is 35.5. The fraction of sp³-hybridized carbons (Fsp3) is 0. The van der Waals surface area contributed by atoms with E-state index in [0.29, 0.717) is 6.29 Å². The summed E-state index contributed by atoms with van der Waals surface area (Å²) < 4.78 is 0. The Labute approximate surface area is 57.8 Å². The van der Waals surface area contributed by atoms with Crippen molar-refractivity contribution < 1.29 is 9.59 Å². The normalized spacial score (nSPS) is 9.44. The molecule has 0 amide bonds. The van der Waals surface area contributed by atoms with Crippen LogP contribution in [0, 0.1) is 0 Å². The second-order valence-electron chi connectivity index (χ2n) is 1.29. The van der Waals surface area contributed by atoms with Gasteiger partial charge in [-0.1, -0.05) is 6.58 Å². The van der Waals surface area contributed by atoms with Crippen molar-refractivity contribution >= 4 is 23.1 Å². The predicted octanol–water partition coefficient (Wildman–Crippen LogP) is 1.06. The minimum Gasteiger partial charge on any atom is -0.299 e. The van der Waals surface area contributed by atoms with Crippen molar-refractivity contribution in [3.05, 3.63) is 24.3 Å². The molecule has 0 rings (SSSR count). The van der Waals surface area contributed by atoms with Crippen molar-refractivity contribution in [1.82, 2.24) is 0 Å². The number of carbonyl (C=O) groups excluding carboxylic acids is 2. The summed E-state index contributed by atoms with van der Waals surface area (Å²) in [7, 11) is 0. The van der Waals surface area contributed by atoms with Crippen LogP contribution in [0.3, 0.4) is 0 Å². The van der Waals surface area contributed by atoms with E-state index in [0.717, 1.165) is 6.08 Å². The topological polar surface area (TPSA) is 34.1 Å². The second-order valence-corrected chi connectivity index (χ2v) is 1.64. The van der Waals surface area contributed by atoms with Crippen LogP contribution in [0.25, 0.3) is 0 Å². The van der Waals surface area contributed by atoms with Gasteiger partial charge < -0.3 is 0 Å². The fourth-order valence-corrected chi connectivity index (χ4v) is 0.284. The van der Waals surface area contributed by atoms with Gasteiger partial charge in [-0.2, -0.15) is 0 Å². The van der Waals surface area contributed by atoms with Gasteiger partial charge in [0.25, 0.3) is 5.24 Å². The van der Waals surface area contributed by atoms with Crippen molar-refractivity contribution in [2.75, 3.05) is 0 Å². The SMILES string of the molecule is C=C(C=CC=O)C(=O)Cl. The van der Waals surface area contributed by atoms with Crippen LogP contribution in [0.15, 0.2) is 24.3 Å². The first-order chi connectivity index (χ1) is 4.18. The van der Waals surface area contributed by atoms with Gasteiger partial charge in [-0.3, -0.25) is 9.59 Å². The van der Waals surface area contributed by atoms with E-state index in [4.69, 9.17) is 11.6 Å². The van der Waals surface area contributed by atoms with Gasteiger partial charge >= 0.3 is 0 Å². The molecular weight excluding hydrogens is 140 g/mol. The summed E-state index contributed by atoms with van der Waals surface area (Å²) >= 11 is 4.96. The number of hydrogen-bond acceptors (Lipinski definition) is 2. The largest absolute Gasteiger partial charge is 0.299 e. The van der Waals surface area contributed by atoms with Crippen LogP contribution >= 0.6 is 11.6 Å². The highest BCUT2D eigenvalue weighted by molar-refractivity contribution is 6.68. The van der Waals surface area contributed by atoms with Gasteiger partial charge in [-0.15, -0.1) is 0 Å². The summed E-state index contributed by atoms with van der Waals surface area (Å²) in [5.74, 6) is 0. The maximum Gasteiger partial charge on any atom is 0.251 e. The second kappa shape index (κ2) is 4.04. The predicted molar refractivity (Wildman–Crippen MR) is 35.2 cm³/mol. The van der Waals surface area contributed by atoms with Crippen molar-refractivity contribution in [1.29, 1.82) is 0 Å². The summed E-state index contributed by atoms with van der Waals surface area (Å²) in [6.45, 7) is 3.26. The monoisotopic (exact) mass is 144 g/mol. The van der Waals surface area contributed by atoms with E-state index in [9.17, 15) is 9.59 Å². The molecule has 0 aromatic carbocycles. The molecular formula is C6H5ClO2. The van der Waals surface area contributed by atoms with E-state index in [1.54, 1.807) is 0 Å². The summed E-state index contributed by atoms with van der Waals surface area (Å²) in [6, 6.07) is 0. The Morgan fingerprint density at radius 2 is 2.11 bits per heavy atom. The average Bonchev–Trinajstić information content (AvgIpc) is 1.82. The van der Waals surface area contributed by atoms with Crippen LogP contribution in [-0.4, -0.2) is 11.5 Å². The molecule has 0 aromatic heterocycles. The average molecular weight is 145 g/mol. The van der Waals surface area contributed by atoms with E-state index < -0.39 is 5.24 Å². The quantitative estimate of drug-likeness (QED) is 0.257. The van der Waals surface area contributed by atoms with Gasteiger partial charge in [0.05, 0.1) is 0 Å².